The highest BCUT2D eigenvalue weighted by atomic mass is 35.5. The monoisotopic (exact) mass is 368 g/mol. The number of nitrogens with zero attached hydrogens (tertiary/aromatic N) is 1. The van der Waals surface area contributed by atoms with Crippen molar-refractivity contribution in [2.45, 2.75) is 31.1 Å². The zero-order valence-electron chi connectivity index (χ0n) is 12.6. The lowest BCUT2D eigenvalue weighted by Crippen LogP contribution is -2.38. The van der Waals surface area contributed by atoms with Gasteiger partial charge in [-0.15, -0.1) is 0 Å². The average Bonchev–Trinajstić information content (AvgIpc) is 2.46. The molecule has 1 aromatic rings. The van der Waals surface area contributed by atoms with Gasteiger partial charge in [0, 0.05) is 24.5 Å². The fourth-order valence-electron chi connectivity index (χ4n) is 1.92. The lowest BCUT2D eigenvalue weighted by atomic mass is 10.3. The highest BCUT2D eigenvalue weighted by molar-refractivity contribution is 7.89. The number of rotatable bonds is 9. The molecule has 0 radical (unpaired) electrons. The predicted molar refractivity (Wildman–Crippen MR) is 84.1 cm³/mol. The Kier molecular flexibility index (Phi) is 7.87. The van der Waals surface area contributed by atoms with Crippen molar-refractivity contribution in [2.24, 2.45) is 0 Å². The molecule has 0 aliphatic carbocycles. The summed E-state index contributed by atoms with van der Waals surface area (Å²) in [5, 5.41) is 0.273. The summed E-state index contributed by atoms with van der Waals surface area (Å²) >= 11 is 5.74. The molecule has 0 aliphatic heterocycles. The molecule has 0 saturated carbocycles. The maximum absolute atomic E-state index is 12.4. The molecule has 0 aliphatic rings. The number of carbonyl (C=O) groups excluding carboxylic acids is 1. The Hall–Kier alpha value is -1.25. The van der Waals surface area contributed by atoms with Crippen molar-refractivity contribution in [3.63, 3.8) is 0 Å². The molecule has 1 aromatic carbocycles. The molecule has 0 aromatic heterocycles. The predicted octanol–water partition coefficient (Wildman–Crippen LogP) is 2.51. The Morgan fingerprint density at radius 1 is 1.39 bits per heavy atom. The largest absolute Gasteiger partial charge is 0.337 e. The standard InChI is InChI=1S/C14H19ClF2N2O3S/c1-2-8-19(10-13(16)17)14(20)6-7-18-23(21,22)12-5-3-4-11(15)9-12/h3-5,9,13,18H,2,6-8,10H2,1H3. The first kappa shape index (κ1) is 19.8. The molecular formula is C14H19ClF2N2O3S. The van der Waals surface area contributed by atoms with Gasteiger partial charge >= 0.3 is 0 Å². The summed E-state index contributed by atoms with van der Waals surface area (Å²) in [6.07, 6.45) is -2.26. The van der Waals surface area contributed by atoms with Crippen molar-refractivity contribution < 1.29 is 22.0 Å². The third kappa shape index (κ3) is 6.80. The average molecular weight is 369 g/mol. The molecule has 0 saturated heterocycles. The van der Waals surface area contributed by atoms with E-state index in [-0.39, 0.29) is 29.4 Å². The van der Waals surface area contributed by atoms with Gasteiger partial charge in [-0.25, -0.2) is 21.9 Å². The zero-order valence-corrected chi connectivity index (χ0v) is 14.2. The number of alkyl halides is 2. The van der Waals surface area contributed by atoms with Crippen LogP contribution in [0.5, 0.6) is 0 Å². The number of hydrogen-bond acceptors (Lipinski definition) is 3. The van der Waals surface area contributed by atoms with Gasteiger partial charge in [0.1, 0.15) is 0 Å². The van der Waals surface area contributed by atoms with Gasteiger partial charge in [-0.05, 0) is 24.6 Å². The molecule has 0 heterocycles. The number of carbonyl (C=O) groups is 1. The molecule has 0 unspecified atom stereocenters. The molecule has 1 N–H and O–H groups in total. The van der Waals surface area contributed by atoms with E-state index in [0.29, 0.717) is 6.42 Å². The van der Waals surface area contributed by atoms with Crippen LogP contribution < -0.4 is 4.72 Å². The van der Waals surface area contributed by atoms with E-state index < -0.39 is 28.9 Å². The number of halogens is 3. The summed E-state index contributed by atoms with van der Waals surface area (Å²) < 4.78 is 51.2. The highest BCUT2D eigenvalue weighted by Crippen LogP contribution is 2.15. The molecular weight excluding hydrogens is 350 g/mol. The second-order valence-electron chi connectivity index (χ2n) is 4.84. The van der Waals surface area contributed by atoms with E-state index >= 15 is 0 Å². The van der Waals surface area contributed by atoms with Crippen LogP contribution in [-0.4, -0.2) is 45.3 Å². The minimum atomic E-state index is -3.79. The smallest absolute Gasteiger partial charge is 0.255 e. The van der Waals surface area contributed by atoms with E-state index in [0.717, 1.165) is 4.90 Å². The van der Waals surface area contributed by atoms with Crippen LogP contribution >= 0.6 is 11.6 Å². The Bertz CT molecular complexity index is 626. The van der Waals surface area contributed by atoms with E-state index in [1.165, 1.54) is 24.3 Å². The van der Waals surface area contributed by atoms with Crippen LogP contribution in [0, 0.1) is 0 Å². The lowest BCUT2D eigenvalue weighted by molar-refractivity contribution is -0.133. The fraction of sp³-hybridized carbons (Fsp3) is 0.500. The number of nitrogens with one attached hydrogen (secondary N) is 1. The van der Waals surface area contributed by atoms with Crippen molar-refractivity contribution in [3.8, 4) is 0 Å². The molecule has 23 heavy (non-hydrogen) atoms. The van der Waals surface area contributed by atoms with Gasteiger partial charge < -0.3 is 4.90 Å². The zero-order chi connectivity index (χ0) is 17.5. The summed E-state index contributed by atoms with van der Waals surface area (Å²) in [6, 6.07) is 5.69. The molecule has 1 amide bonds. The minimum absolute atomic E-state index is 0.0181. The molecule has 130 valence electrons. The summed E-state index contributed by atoms with van der Waals surface area (Å²) in [5.74, 6) is -0.513. The van der Waals surface area contributed by atoms with Gasteiger partial charge in [0.2, 0.25) is 15.9 Å². The summed E-state index contributed by atoms with van der Waals surface area (Å²) in [6.45, 7) is 1.17. The van der Waals surface area contributed by atoms with Gasteiger partial charge in [0.15, 0.2) is 0 Å². The topological polar surface area (TPSA) is 66.5 Å². The summed E-state index contributed by atoms with van der Waals surface area (Å²) in [4.78, 5) is 12.9. The SMILES string of the molecule is CCCN(CC(F)F)C(=O)CCNS(=O)(=O)c1cccc(Cl)c1. The molecule has 5 nitrogen and oxygen atoms in total. The van der Waals surface area contributed by atoms with Gasteiger partial charge in [0.05, 0.1) is 11.4 Å². The second-order valence-corrected chi connectivity index (χ2v) is 7.04. The van der Waals surface area contributed by atoms with Crippen LogP contribution in [0.3, 0.4) is 0 Å². The van der Waals surface area contributed by atoms with E-state index in [1.54, 1.807) is 6.92 Å². The first-order valence-corrected chi connectivity index (χ1v) is 8.93. The van der Waals surface area contributed by atoms with Gasteiger partial charge in [0.25, 0.3) is 6.43 Å². The van der Waals surface area contributed by atoms with Crippen molar-refractivity contribution >= 4 is 27.5 Å². The maximum Gasteiger partial charge on any atom is 0.255 e. The number of amides is 1. The maximum atomic E-state index is 12.4. The lowest BCUT2D eigenvalue weighted by Gasteiger charge is -2.21. The first-order chi connectivity index (χ1) is 10.8. The van der Waals surface area contributed by atoms with Crippen molar-refractivity contribution in [1.82, 2.24) is 9.62 Å². The fourth-order valence-corrected chi connectivity index (χ4v) is 3.25. The van der Waals surface area contributed by atoms with Gasteiger partial charge in [-0.1, -0.05) is 24.6 Å². The Balaban J connectivity index is 2.59. The second kappa shape index (κ2) is 9.14. The summed E-state index contributed by atoms with van der Waals surface area (Å²) in [7, 11) is -3.79. The van der Waals surface area contributed by atoms with Crippen LogP contribution in [0.2, 0.25) is 5.02 Å². The Morgan fingerprint density at radius 3 is 2.65 bits per heavy atom. The first-order valence-electron chi connectivity index (χ1n) is 7.07. The normalized spacial score (nSPS) is 11.7. The Labute approximate surface area is 139 Å². The molecule has 0 spiro atoms. The molecule has 0 fully saturated rings. The van der Waals surface area contributed by atoms with Gasteiger partial charge in [-0.2, -0.15) is 0 Å². The van der Waals surface area contributed by atoms with E-state index in [4.69, 9.17) is 11.6 Å². The third-order valence-corrected chi connectivity index (χ3v) is 4.64. The van der Waals surface area contributed by atoms with Crippen molar-refractivity contribution in [2.75, 3.05) is 19.6 Å². The van der Waals surface area contributed by atoms with E-state index in [9.17, 15) is 22.0 Å². The van der Waals surface area contributed by atoms with E-state index in [2.05, 4.69) is 4.72 Å². The molecule has 9 heteroatoms. The molecule has 0 atom stereocenters. The third-order valence-electron chi connectivity index (χ3n) is 2.94. The van der Waals surface area contributed by atoms with Crippen molar-refractivity contribution in [3.05, 3.63) is 29.3 Å². The van der Waals surface area contributed by atoms with Crippen LogP contribution in [0.4, 0.5) is 8.78 Å². The van der Waals surface area contributed by atoms with Crippen molar-refractivity contribution in [1.29, 1.82) is 0 Å². The van der Waals surface area contributed by atoms with Crippen LogP contribution in [0.1, 0.15) is 19.8 Å². The number of sulfonamides is 1. The minimum Gasteiger partial charge on any atom is -0.337 e. The summed E-state index contributed by atoms with van der Waals surface area (Å²) in [5.41, 5.74) is 0. The quantitative estimate of drug-likeness (QED) is 0.728. The molecule has 0 bridgehead atoms. The number of hydrogen-bond donors (Lipinski definition) is 1. The van der Waals surface area contributed by atoms with Crippen LogP contribution in [0.15, 0.2) is 29.2 Å². The van der Waals surface area contributed by atoms with Gasteiger partial charge in [-0.3, -0.25) is 4.79 Å². The van der Waals surface area contributed by atoms with E-state index in [1.807, 2.05) is 0 Å². The van der Waals surface area contributed by atoms with Crippen LogP contribution in [-0.2, 0) is 14.8 Å². The highest BCUT2D eigenvalue weighted by Gasteiger charge is 2.19. The Morgan fingerprint density at radius 2 is 2.09 bits per heavy atom. The van der Waals surface area contributed by atoms with Crippen LogP contribution in [0.25, 0.3) is 0 Å². The molecule has 1 rings (SSSR count). The number of benzene rings is 1.